The van der Waals surface area contributed by atoms with Gasteiger partial charge in [-0.05, 0) is 32.0 Å². The van der Waals surface area contributed by atoms with E-state index in [1.807, 2.05) is 61.0 Å². The molecule has 1 amide bonds. The van der Waals surface area contributed by atoms with Crippen molar-refractivity contribution in [2.24, 2.45) is 0 Å². The van der Waals surface area contributed by atoms with E-state index >= 15 is 0 Å². The lowest BCUT2D eigenvalue weighted by Gasteiger charge is -2.11. The Bertz CT molecular complexity index is 1040. The molecule has 0 saturated heterocycles. The van der Waals surface area contributed by atoms with E-state index in [2.05, 4.69) is 10.4 Å². The zero-order valence-electron chi connectivity index (χ0n) is 15.8. The Labute approximate surface area is 163 Å². The summed E-state index contributed by atoms with van der Waals surface area (Å²) in [5.41, 5.74) is 5.14. The third-order valence-electron chi connectivity index (χ3n) is 5.05. The number of hydrogen-bond donors (Lipinski definition) is 1. The van der Waals surface area contributed by atoms with Crippen molar-refractivity contribution >= 4 is 11.9 Å². The van der Waals surface area contributed by atoms with E-state index in [0.717, 1.165) is 28.2 Å². The fourth-order valence-electron chi connectivity index (χ4n) is 3.55. The lowest BCUT2D eigenvalue weighted by molar-refractivity contribution is -0.123. The number of carbonyl (C=O) groups is 2. The van der Waals surface area contributed by atoms with Gasteiger partial charge in [0.15, 0.2) is 0 Å². The topological polar surface area (TPSA) is 73.2 Å². The van der Waals surface area contributed by atoms with Crippen molar-refractivity contribution in [3.05, 3.63) is 82.7 Å². The molecule has 0 spiro atoms. The molecule has 28 heavy (non-hydrogen) atoms. The number of benzene rings is 2. The highest BCUT2D eigenvalue weighted by molar-refractivity contribution is 5.94. The quantitative estimate of drug-likeness (QED) is 0.694. The molecular weight excluding hydrogens is 354 g/mol. The average molecular weight is 375 g/mol. The second-order valence-corrected chi connectivity index (χ2v) is 6.86. The van der Waals surface area contributed by atoms with E-state index in [1.54, 1.807) is 12.1 Å². The van der Waals surface area contributed by atoms with E-state index in [4.69, 9.17) is 4.74 Å². The summed E-state index contributed by atoms with van der Waals surface area (Å²) in [6.07, 6.45) is -0.425. The predicted octanol–water partition coefficient (Wildman–Crippen LogP) is 3.41. The van der Waals surface area contributed by atoms with Gasteiger partial charge < -0.3 is 10.1 Å². The zero-order valence-corrected chi connectivity index (χ0v) is 15.8. The van der Waals surface area contributed by atoms with Crippen molar-refractivity contribution in [1.29, 1.82) is 0 Å². The molecule has 6 nitrogen and oxygen atoms in total. The minimum absolute atomic E-state index is 0.105. The van der Waals surface area contributed by atoms with Crippen LogP contribution in [-0.4, -0.2) is 21.7 Å². The van der Waals surface area contributed by atoms with Gasteiger partial charge in [-0.25, -0.2) is 9.48 Å². The monoisotopic (exact) mass is 375 g/mol. The number of fused-ring (bicyclic) bond motifs is 1. The Kier molecular flexibility index (Phi) is 4.69. The molecule has 0 fully saturated rings. The van der Waals surface area contributed by atoms with Gasteiger partial charge in [0.2, 0.25) is 5.91 Å². The zero-order chi connectivity index (χ0) is 19.7. The number of carbonyl (C=O) groups excluding carboxylic acids is 2. The molecule has 2 aromatic carbocycles. The first-order valence-electron chi connectivity index (χ1n) is 9.21. The highest BCUT2D eigenvalue weighted by Crippen LogP contribution is 2.32. The van der Waals surface area contributed by atoms with E-state index in [-0.39, 0.29) is 18.3 Å². The fourth-order valence-corrected chi connectivity index (χ4v) is 3.55. The summed E-state index contributed by atoms with van der Waals surface area (Å²) in [4.78, 5) is 24.4. The molecule has 1 aliphatic heterocycles. The summed E-state index contributed by atoms with van der Waals surface area (Å²) >= 11 is 0. The average Bonchev–Trinajstić information content (AvgIpc) is 3.17. The molecule has 0 aliphatic carbocycles. The van der Waals surface area contributed by atoms with Gasteiger partial charge in [0.05, 0.1) is 23.4 Å². The molecule has 1 atom stereocenters. The Hall–Kier alpha value is -3.41. The second kappa shape index (κ2) is 7.31. The van der Waals surface area contributed by atoms with E-state index in [1.165, 1.54) is 0 Å². The van der Waals surface area contributed by atoms with Crippen molar-refractivity contribution in [2.75, 3.05) is 0 Å². The third kappa shape index (κ3) is 3.29. The molecule has 0 bridgehead atoms. The van der Waals surface area contributed by atoms with E-state index in [9.17, 15) is 9.59 Å². The Balaban J connectivity index is 1.44. The maximum absolute atomic E-state index is 12.5. The van der Waals surface area contributed by atoms with Crippen molar-refractivity contribution < 1.29 is 14.3 Å². The number of aromatic nitrogens is 2. The number of cyclic esters (lactones) is 1. The standard InChI is InChI=1S/C22H21N3O3/c1-14-19(15(2)25(24-14)16-8-4-3-5-9-16)13-23-21(26)12-20-17-10-6-7-11-18(17)22(27)28-20/h3-11,20H,12-13H2,1-2H3,(H,23,26)/t20-/m0/s1. The van der Waals surface area contributed by atoms with Crippen molar-refractivity contribution in [3.63, 3.8) is 0 Å². The van der Waals surface area contributed by atoms with Crippen LogP contribution in [0.2, 0.25) is 0 Å². The lowest BCUT2D eigenvalue weighted by Crippen LogP contribution is -2.25. The molecule has 1 aromatic heterocycles. The predicted molar refractivity (Wildman–Crippen MR) is 104 cm³/mol. The van der Waals surface area contributed by atoms with Crippen LogP contribution in [0.4, 0.5) is 0 Å². The molecule has 4 rings (SSSR count). The van der Waals surface area contributed by atoms with Gasteiger partial charge in [-0.3, -0.25) is 4.79 Å². The maximum atomic E-state index is 12.5. The van der Waals surface area contributed by atoms with Gasteiger partial charge in [0, 0.05) is 23.4 Å². The summed E-state index contributed by atoms with van der Waals surface area (Å²) in [7, 11) is 0. The van der Waals surface area contributed by atoms with Crippen LogP contribution in [0.5, 0.6) is 0 Å². The summed E-state index contributed by atoms with van der Waals surface area (Å²) < 4.78 is 7.23. The minimum Gasteiger partial charge on any atom is -0.453 e. The first-order valence-corrected chi connectivity index (χ1v) is 9.21. The number of ether oxygens (including phenoxy) is 1. The number of hydrogen-bond acceptors (Lipinski definition) is 4. The SMILES string of the molecule is Cc1nn(-c2ccccc2)c(C)c1CNC(=O)C[C@@H]1OC(=O)c2ccccc21. The normalized spacial score (nSPS) is 15.2. The van der Waals surface area contributed by atoms with Crippen LogP contribution in [-0.2, 0) is 16.1 Å². The minimum atomic E-state index is -0.530. The van der Waals surface area contributed by atoms with Crippen LogP contribution in [0.1, 0.15) is 45.4 Å². The van der Waals surface area contributed by atoms with Crippen LogP contribution < -0.4 is 5.32 Å². The Morgan fingerprint density at radius 3 is 2.61 bits per heavy atom. The van der Waals surface area contributed by atoms with Crippen molar-refractivity contribution in [3.8, 4) is 5.69 Å². The number of amides is 1. The van der Waals surface area contributed by atoms with Crippen LogP contribution >= 0.6 is 0 Å². The van der Waals surface area contributed by atoms with Crippen LogP contribution in [0.15, 0.2) is 54.6 Å². The van der Waals surface area contributed by atoms with Gasteiger partial charge >= 0.3 is 5.97 Å². The lowest BCUT2D eigenvalue weighted by atomic mass is 10.0. The summed E-state index contributed by atoms with van der Waals surface area (Å²) in [5.74, 6) is -0.537. The Morgan fingerprint density at radius 1 is 1.11 bits per heavy atom. The molecule has 142 valence electrons. The van der Waals surface area contributed by atoms with Gasteiger partial charge in [-0.1, -0.05) is 36.4 Å². The van der Waals surface area contributed by atoms with Crippen LogP contribution in [0, 0.1) is 13.8 Å². The van der Waals surface area contributed by atoms with E-state index < -0.39 is 6.10 Å². The molecule has 3 aromatic rings. The number of para-hydroxylation sites is 1. The molecule has 1 N–H and O–H groups in total. The highest BCUT2D eigenvalue weighted by Gasteiger charge is 2.32. The van der Waals surface area contributed by atoms with Crippen molar-refractivity contribution in [1.82, 2.24) is 15.1 Å². The fraction of sp³-hybridized carbons (Fsp3) is 0.227. The first kappa shape index (κ1) is 18.0. The van der Waals surface area contributed by atoms with Gasteiger partial charge in [-0.15, -0.1) is 0 Å². The smallest absolute Gasteiger partial charge is 0.339 e. The second-order valence-electron chi connectivity index (χ2n) is 6.86. The van der Waals surface area contributed by atoms with Gasteiger partial charge in [-0.2, -0.15) is 5.10 Å². The number of rotatable bonds is 5. The summed E-state index contributed by atoms with van der Waals surface area (Å²) in [6, 6.07) is 17.1. The molecule has 0 radical (unpaired) electrons. The molecule has 6 heteroatoms. The highest BCUT2D eigenvalue weighted by atomic mass is 16.5. The third-order valence-corrected chi connectivity index (χ3v) is 5.05. The van der Waals surface area contributed by atoms with E-state index in [0.29, 0.717) is 12.1 Å². The van der Waals surface area contributed by atoms with Crippen molar-refractivity contribution in [2.45, 2.75) is 32.9 Å². The molecule has 2 heterocycles. The number of nitrogens with zero attached hydrogens (tertiary/aromatic N) is 2. The first-order chi connectivity index (χ1) is 13.5. The Morgan fingerprint density at radius 2 is 1.82 bits per heavy atom. The number of nitrogens with one attached hydrogen (secondary N) is 1. The maximum Gasteiger partial charge on any atom is 0.339 e. The largest absolute Gasteiger partial charge is 0.453 e. The number of aryl methyl sites for hydroxylation is 1. The number of esters is 1. The van der Waals surface area contributed by atoms with Crippen LogP contribution in [0.25, 0.3) is 5.69 Å². The summed E-state index contributed by atoms with van der Waals surface area (Å²) in [5, 5.41) is 7.53. The molecular formula is C22H21N3O3. The molecule has 0 saturated carbocycles. The van der Waals surface area contributed by atoms with Gasteiger partial charge in [0.1, 0.15) is 6.10 Å². The molecule has 1 aliphatic rings. The van der Waals surface area contributed by atoms with Crippen LogP contribution in [0.3, 0.4) is 0 Å². The summed E-state index contributed by atoms with van der Waals surface area (Å²) in [6.45, 7) is 4.30. The van der Waals surface area contributed by atoms with Gasteiger partial charge in [0.25, 0.3) is 0 Å². The molecule has 0 unspecified atom stereocenters.